The van der Waals surface area contributed by atoms with Crippen molar-refractivity contribution in [1.82, 2.24) is 0 Å². The van der Waals surface area contributed by atoms with Crippen molar-refractivity contribution in [2.45, 2.75) is 13.3 Å². The number of aliphatic imine (C=N–C) groups is 1. The Morgan fingerprint density at radius 3 is 3.00 bits per heavy atom. The van der Waals surface area contributed by atoms with Crippen LogP contribution in [0.2, 0.25) is 0 Å². The topological polar surface area (TPSA) is 38.7 Å². The number of carbonyl (C=O) groups is 1. The molecule has 3 nitrogen and oxygen atoms in total. The molecule has 0 aromatic rings. The first-order chi connectivity index (χ1) is 3.83. The highest BCUT2D eigenvalue weighted by molar-refractivity contribution is 5.97. The van der Waals surface area contributed by atoms with E-state index in [2.05, 4.69) is 9.73 Å². The molecule has 0 radical (unpaired) electrons. The maximum Gasteiger partial charge on any atom is 0.312 e. The third kappa shape index (κ3) is 1.33. The lowest BCUT2D eigenvalue weighted by Crippen LogP contribution is -2.03. The van der Waals surface area contributed by atoms with Crippen molar-refractivity contribution in [3.8, 4) is 0 Å². The quantitative estimate of drug-likeness (QED) is 0.460. The molecule has 1 aliphatic rings. The van der Waals surface area contributed by atoms with Crippen molar-refractivity contribution < 1.29 is 9.53 Å². The number of hydrogen-bond donors (Lipinski definition) is 0. The highest BCUT2D eigenvalue weighted by Crippen LogP contribution is 1.99. The van der Waals surface area contributed by atoms with Crippen LogP contribution in [0, 0.1) is 0 Å². The Morgan fingerprint density at radius 2 is 2.62 bits per heavy atom. The molecule has 0 aliphatic carbocycles. The first-order valence-electron chi connectivity index (χ1n) is 2.57. The number of nitrogens with zero attached hydrogens (tertiary/aromatic N) is 1. The third-order valence-electron chi connectivity index (χ3n) is 0.808. The monoisotopic (exact) mass is 113 g/mol. The van der Waals surface area contributed by atoms with Crippen LogP contribution in [0.5, 0.6) is 0 Å². The van der Waals surface area contributed by atoms with Crippen LogP contribution in [0.25, 0.3) is 0 Å². The van der Waals surface area contributed by atoms with E-state index in [0.29, 0.717) is 18.9 Å². The second-order valence-electron chi connectivity index (χ2n) is 1.54. The molecule has 0 saturated carbocycles. The number of rotatable bonds is 1. The zero-order valence-corrected chi connectivity index (χ0v) is 4.68. The molecule has 1 aliphatic heterocycles. The first kappa shape index (κ1) is 5.28. The van der Waals surface area contributed by atoms with Gasteiger partial charge in [-0.15, -0.1) is 0 Å². The van der Waals surface area contributed by atoms with Gasteiger partial charge >= 0.3 is 5.97 Å². The average Bonchev–Trinajstić information content (AvgIpc) is 2.50. The van der Waals surface area contributed by atoms with Gasteiger partial charge in [-0.05, 0) is 0 Å². The summed E-state index contributed by atoms with van der Waals surface area (Å²) in [6, 6.07) is 0. The van der Waals surface area contributed by atoms with Gasteiger partial charge in [0, 0.05) is 6.42 Å². The van der Waals surface area contributed by atoms with Crippen molar-refractivity contribution in [2.75, 3.05) is 6.54 Å². The van der Waals surface area contributed by atoms with Gasteiger partial charge in [0.2, 0.25) is 5.90 Å². The summed E-state index contributed by atoms with van der Waals surface area (Å²) in [7, 11) is 0. The van der Waals surface area contributed by atoms with E-state index in [0.717, 1.165) is 0 Å². The molecule has 0 amide bonds. The van der Waals surface area contributed by atoms with E-state index >= 15 is 0 Å². The number of hydrogen-bond acceptors (Lipinski definition) is 3. The van der Waals surface area contributed by atoms with Crippen molar-refractivity contribution in [1.29, 1.82) is 0 Å². The van der Waals surface area contributed by atoms with Gasteiger partial charge in [-0.2, -0.15) is 0 Å². The SMILES string of the molecule is CCC(=O)OC1=NC1. The van der Waals surface area contributed by atoms with Gasteiger partial charge in [-0.25, -0.2) is 4.99 Å². The van der Waals surface area contributed by atoms with Gasteiger partial charge in [-0.3, -0.25) is 4.79 Å². The second-order valence-corrected chi connectivity index (χ2v) is 1.54. The van der Waals surface area contributed by atoms with E-state index < -0.39 is 0 Å². The summed E-state index contributed by atoms with van der Waals surface area (Å²) in [5.41, 5.74) is 0. The molecule has 0 atom stereocenters. The Bertz CT molecular complexity index is 139. The number of carbonyl (C=O) groups excluding carboxylic acids is 1. The zero-order valence-electron chi connectivity index (χ0n) is 4.68. The summed E-state index contributed by atoms with van der Waals surface area (Å²) >= 11 is 0. The van der Waals surface area contributed by atoms with E-state index in [1.165, 1.54) is 0 Å². The van der Waals surface area contributed by atoms with E-state index in [-0.39, 0.29) is 5.97 Å². The molecule has 0 fully saturated rings. The molecule has 0 aromatic carbocycles. The predicted molar refractivity (Wildman–Crippen MR) is 28.7 cm³/mol. The zero-order chi connectivity index (χ0) is 5.98. The molecule has 0 N–H and O–H groups in total. The lowest BCUT2D eigenvalue weighted by Gasteiger charge is -1.89. The molecule has 3 heteroatoms. The Hall–Kier alpha value is -0.860. The largest absolute Gasteiger partial charge is 0.410 e. The predicted octanol–water partition coefficient (Wildman–Crippen LogP) is 0.352. The van der Waals surface area contributed by atoms with Gasteiger partial charge in [0.05, 0.1) is 0 Å². The molecule has 0 spiro atoms. The first-order valence-corrected chi connectivity index (χ1v) is 2.57. The van der Waals surface area contributed by atoms with Crippen LogP contribution in [0.3, 0.4) is 0 Å². The van der Waals surface area contributed by atoms with Crippen molar-refractivity contribution in [2.24, 2.45) is 4.99 Å². The van der Waals surface area contributed by atoms with Crippen molar-refractivity contribution >= 4 is 11.9 Å². The smallest absolute Gasteiger partial charge is 0.312 e. The van der Waals surface area contributed by atoms with Gasteiger partial charge in [0.25, 0.3) is 0 Å². The van der Waals surface area contributed by atoms with E-state index in [1.807, 2.05) is 0 Å². The molecule has 0 unspecified atom stereocenters. The minimum Gasteiger partial charge on any atom is -0.410 e. The van der Waals surface area contributed by atoms with Crippen molar-refractivity contribution in [3.63, 3.8) is 0 Å². The molecule has 44 valence electrons. The maximum absolute atomic E-state index is 10.4. The fraction of sp³-hybridized carbons (Fsp3) is 0.600. The third-order valence-corrected chi connectivity index (χ3v) is 0.808. The Morgan fingerprint density at radius 1 is 2.00 bits per heavy atom. The lowest BCUT2D eigenvalue weighted by molar-refractivity contribution is -0.134. The molecule has 1 heterocycles. The second kappa shape index (κ2) is 1.94. The van der Waals surface area contributed by atoms with E-state index in [4.69, 9.17) is 0 Å². The lowest BCUT2D eigenvalue weighted by atomic mass is 10.5. The van der Waals surface area contributed by atoms with Gasteiger partial charge < -0.3 is 4.74 Å². The number of ether oxygens (including phenoxy) is 1. The van der Waals surface area contributed by atoms with E-state index in [1.54, 1.807) is 6.92 Å². The highest BCUT2D eigenvalue weighted by Gasteiger charge is 2.14. The Kier molecular flexibility index (Phi) is 1.28. The van der Waals surface area contributed by atoms with Crippen LogP contribution in [-0.2, 0) is 9.53 Å². The van der Waals surface area contributed by atoms with Crippen LogP contribution in [0.15, 0.2) is 4.99 Å². The Labute approximate surface area is 47.4 Å². The molecule has 0 aromatic heterocycles. The van der Waals surface area contributed by atoms with Crippen LogP contribution < -0.4 is 0 Å². The van der Waals surface area contributed by atoms with Gasteiger partial charge in [0.1, 0.15) is 6.54 Å². The van der Waals surface area contributed by atoms with Crippen LogP contribution in [-0.4, -0.2) is 18.4 Å². The Balaban J connectivity index is 2.17. The van der Waals surface area contributed by atoms with E-state index in [9.17, 15) is 4.79 Å². The average molecular weight is 113 g/mol. The summed E-state index contributed by atoms with van der Waals surface area (Å²) in [5.74, 6) is 0.387. The van der Waals surface area contributed by atoms with Crippen LogP contribution in [0.1, 0.15) is 13.3 Å². The minimum atomic E-state index is -0.193. The van der Waals surface area contributed by atoms with Gasteiger partial charge in [0.15, 0.2) is 0 Å². The molecular weight excluding hydrogens is 106 g/mol. The fourth-order valence-corrected chi connectivity index (χ4v) is 0.300. The van der Waals surface area contributed by atoms with Crippen LogP contribution >= 0.6 is 0 Å². The molecule has 0 saturated heterocycles. The van der Waals surface area contributed by atoms with Crippen molar-refractivity contribution in [3.05, 3.63) is 0 Å². The fourth-order valence-electron chi connectivity index (χ4n) is 0.300. The standard InChI is InChI=1S/C5H7NO2/c1-2-5(7)8-4-3-6-4/h2-3H2,1H3. The number of esters is 1. The molecular formula is C5H7NO2. The summed E-state index contributed by atoms with van der Waals surface area (Å²) in [5, 5.41) is 0. The normalized spacial score (nSPS) is 14.9. The molecule has 0 bridgehead atoms. The summed E-state index contributed by atoms with van der Waals surface area (Å²) in [6.07, 6.45) is 0.430. The van der Waals surface area contributed by atoms with Gasteiger partial charge in [-0.1, -0.05) is 6.92 Å². The maximum atomic E-state index is 10.4. The van der Waals surface area contributed by atoms with Crippen LogP contribution in [0.4, 0.5) is 0 Å². The molecule has 1 rings (SSSR count). The summed E-state index contributed by atoms with van der Waals surface area (Å²) in [6.45, 7) is 2.37. The highest BCUT2D eigenvalue weighted by atomic mass is 16.5. The summed E-state index contributed by atoms with van der Waals surface area (Å²) < 4.78 is 4.62. The molecule has 8 heavy (non-hydrogen) atoms. The minimum absolute atomic E-state index is 0.193. The summed E-state index contributed by atoms with van der Waals surface area (Å²) in [4.78, 5) is 14.0.